The minimum Gasteiger partial charge on any atom is -0.247 e. The number of fused-ring (bicyclic) bond motifs is 4. The Morgan fingerprint density at radius 2 is 1.76 bits per heavy atom. The van der Waals surface area contributed by atoms with Crippen LogP contribution >= 0.6 is 0 Å². The number of aromatic nitrogens is 1. The fraction of sp³-hybridized carbons (Fsp3) is 0.150. The van der Waals surface area contributed by atoms with Gasteiger partial charge >= 0.3 is 0 Å². The van der Waals surface area contributed by atoms with Gasteiger partial charge in [0.15, 0.2) is 0 Å². The van der Waals surface area contributed by atoms with E-state index in [-0.39, 0.29) is 5.41 Å². The molecular formula is C20H15N. The molecule has 3 aromatic rings. The lowest BCUT2D eigenvalue weighted by molar-refractivity contribution is 0.659. The van der Waals surface area contributed by atoms with Crippen LogP contribution in [0.5, 0.6) is 0 Å². The Bertz CT molecular complexity index is 961. The first kappa shape index (κ1) is 11.3. The van der Waals surface area contributed by atoms with Crippen molar-refractivity contribution >= 4 is 23.1 Å². The van der Waals surface area contributed by atoms with E-state index in [1.807, 2.05) is 0 Å². The first-order valence-electron chi connectivity index (χ1n) is 7.43. The van der Waals surface area contributed by atoms with Gasteiger partial charge in [0.05, 0.1) is 11.2 Å². The van der Waals surface area contributed by atoms with Gasteiger partial charge in [0.25, 0.3) is 0 Å². The smallest absolute Gasteiger partial charge is 0.0759 e. The first-order valence-corrected chi connectivity index (χ1v) is 7.43. The van der Waals surface area contributed by atoms with E-state index in [4.69, 9.17) is 4.98 Å². The van der Waals surface area contributed by atoms with Gasteiger partial charge in [-0.1, -0.05) is 62.4 Å². The maximum atomic E-state index is 5.01. The van der Waals surface area contributed by atoms with Crippen LogP contribution in [-0.2, 0) is 5.41 Å². The molecule has 2 aliphatic carbocycles. The molecule has 0 atom stereocenters. The normalized spacial score (nSPS) is 16.3. The highest BCUT2D eigenvalue weighted by atomic mass is 14.7. The Morgan fingerprint density at radius 3 is 2.67 bits per heavy atom. The zero-order valence-electron chi connectivity index (χ0n) is 12.1. The molecule has 1 heteroatoms. The van der Waals surface area contributed by atoms with Crippen molar-refractivity contribution in [3.63, 3.8) is 0 Å². The highest BCUT2D eigenvalue weighted by Gasteiger charge is 2.39. The van der Waals surface area contributed by atoms with Crippen molar-refractivity contribution in [1.82, 2.24) is 4.98 Å². The minimum absolute atomic E-state index is 0.0181. The molecule has 1 heterocycles. The predicted octanol–water partition coefficient (Wildman–Crippen LogP) is 5.02. The third-order valence-electron chi connectivity index (χ3n) is 4.99. The van der Waals surface area contributed by atoms with Gasteiger partial charge in [0.1, 0.15) is 0 Å². The molecule has 0 N–H and O–H groups in total. The van der Waals surface area contributed by atoms with E-state index in [1.54, 1.807) is 0 Å². The first-order chi connectivity index (χ1) is 10.2. The molecule has 0 saturated heterocycles. The van der Waals surface area contributed by atoms with Crippen molar-refractivity contribution in [3.05, 3.63) is 64.7 Å². The van der Waals surface area contributed by atoms with E-state index in [2.05, 4.69) is 68.5 Å². The number of benzene rings is 2. The van der Waals surface area contributed by atoms with E-state index in [9.17, 15) is 0 Å². The van der Waals surface area contributed by atoms with Gasteiger partial charge in [0, 0.05) is 16.4 Å². The highest BCUT2D eigenvalue weighted by Crippen LogP contribution is 2.52. The fourth-order valence-electron chi connectivity index (χ4n) is 4.05. The molecule has 2 aliphatic rings. The van der Waals surface area contributed by atoms with Crippen LogP contribution in [-0.4, -0.2) is 4.98 Å². The zero-order chi connectivity index (χ0) is 14.2. The maximum absolute atomic E-state index is 5.01. The average molecular weight is 269 g/mol. The number of rotatable bonds is 0. The van der Waals surface area contributed by atoms with Gasteiger partial charge in [-0.15, -0.1) is 0 Å². The third kappa shape index (κ3) is 1.20. The van der Waals surface area contributed by atoms with E-state index in [1.165, 1.54) is 38.9 Å². The largest absolute Gasteiger partial charge is 0.247 e. The second-order valence-corrected chi connectivity index (χ2v) is 6.49. The summed E-state index contributed by atoms with van der Waals surface area (Å²) in [6.07, 6.45) is 4.49. The van der Waals surface area contributed by atoms with Crippen molar-refractivity contribution < 1.29 is 0 Å². The predicted molar refractivity (Wildman–Crippen MR) is 88.2 cm³/mol. The molecule has 0 fully saturated rings. The van der Waals surface area contributed by atoms with Crippen LogP contribution in [0.2, 0.25) is 0 Å². The molecule has 1 aromatic heterocycles. The summed E-state index contributed by atoms with van der Waals surface area (Å²) in [5.74, 6) is 0. The molecule has 21 heavy (non-hydrogen) atoms. The lowest BCUT2D eigenvalue weighted by Gasteiger charge is -2.23. The van der Waals surface area contributed by atoms with Crippen LogP contribution in [0.15, 0.2) is 42.5 Å². The van der Waals surface area contributed by atoms with Gasteiger partial charge in [0.2, 0.25) is 0 Å². The number of pyridine rings is 1. The molecule has 0 spiro atoms. The second-order valence-electron chi connectivity index (χ2n) is 6.49. The average Bonchev–Trinajstić information content (AvgIpc) is 3.01. The molecule has 0 aliphatic heterocycles. The standard InChI is InChI=1S/C20H15N/c1-20(2)15-8-4-3-7-13(15)19-18(20)14-11-10-12-6-5-9-16(21-19)17(12)14/h3-11H,1-2H3. The summed E-state index contributed by atoms with van der Waals surface area (Å²) in [7, 11) is 0. The number of hydrogen-bond donors (Lipinski definition) is 0. The summed E-state index contributed by atoms with van der Waals surface area (Å²) in [6, 6.07) is 15.1. The molecule has 5 rings (SSSR count). The Kier molecular flexibility index (Phi) is 1.84. The molecular weight excluding hydrogens is 254 g/mol. The summed E-state index contributed by atoms with van der Waals surface area (Å²) >= 11 is 0. The highest BCUT2D eigenvalue weighted by molar-refractivity contribution is 6.07. The van der Waals surface area contributed by atoms with Crippen LogP contribution in [0.4, 0.5) is 0 Å². The lowest BCUT2D eigenvalue weighted by Crippen LogP contribution is -2.16. The third-order valence-corrected chi connectivity index (χ3v) is 4.99. The van der Waals surface area contributed by atoms with Crippen LogP contribution < -0.4 is 0 Å². The van der Waals surface area contributed by atoms with Crippen LogP contribution in [0, 0.1) is 0 Å². The van der Waals surface area contributed by atoms with Gasteiger partial charge in [-0.05, 0) is 28.3 Å². The van der Waals surface area contributed by atoms with Crippen LogP contribution in [0.3, 0.4) is 0 Å². The van der Waals surface area contributed by atoms with Crippen LogP contribution in [0.25, 0.3) is 34.3 Å². The Morgan fingerprint density at radius 1 is 0.905 bits per heavy atom. The molecule has 0 bridgehead atoms. The molecule has 0 amide bonds. The molecule has 100 valence electrons. The minimum atomic E-state index is 0.0181. The zero-order valence-corrected chi connectivity index (χ0v) is 12.1. The van der Waals surface area contributed by atoms with Crippen molar-refractivity contribution in [3.8, 4) is 11.3 Å². The van der Waals surface area contributed by atoms with Crippen LogP contribution in [0.1, 0.15) is 36.1 Å². The second kappa shape index (κ2) is 3.43. The van der Waals surface area contributed by atoms with E-state index >= 15 is 0 Å². The summed E-state index contributed by atoms with van der Waals surface area (Å²) in [4.78, 5) is 5.01. The lowest BCUT2D eigenvalue weighted by atomic mass is 9.80. The summed E-state index contributed by atoms with van der Waals surface area (Å²) in [5, 5.41) is 1.32. The van der Waals surface area contributed by atoms with Gasteiger partial charge in [-0.25, -0.2) is 4.98 Å². The van der Waals surface area contributed by atoms with E-state index in [0.29, 0.717) is 0 Å². The van der Waals surface area contributed by atoms with Gasteiger partial charge < -0.3 is 0 Å². The van der Waals surface area contributed by atoms with E-state index in [0.717, 1.165) is 5.52 Å². The van der Waals surface area contributed by atoms with Crippen molar-refractivity contribution in [1.29, 1.82) is 0 Å². The molecule has 2 aromatic carbocycles. The SMILES string of the molecule is CC1(C)c2ccccc2-c2nc3cccc4c3c(c21)C=C4. The van der Waals surface area contributed by atoms with Crippen molar-refractivity contribution in [2.24, 2.45) is 0 Å². The summed E-state index contributed by atoms with van der Waals surface area (Å²) in [6.45, 7) is 4.63. The summed E-state index contributed by atoms with van der Waals surface area (Å²) < 4.78 is 0. The Hall–Kier alpha value is -2.41. The van der Waals surface area contributed by atoms with Gasteiger partial charge in [-0.3, -0.25) is 0 Å². The van der Waals surface area contributed by atoms with Gasteiger partial charge in [-0.2, -0.15) is 0 Å². The Balaban J connectivity index is 2.03. The topological polar surface area (TPSA) is 12.9 Å². The van der Waals surface area contributed by atoms with Crippen molar-refractivity contribution in [2.75, 3.05) is 0 Å². The monoisotopic (exact) mass is 269 g/mol. The number of hydrogen-bond acceptors (Lipinski definition) is 1. The quantitative estimate of drug-likeness (QED) is 0.436. The molecule has 0 unspecified atom stereocenters. The molecule has 0 radical (unpaired) electrons. The summed E-state index contributed by atoms with van der Waals surface area (Å²) in [5.41, 5.74) is 9.03. The fourth-order valence-corrected chi connectivity index (χ4v) is 4.05. The molecule has 1 nitrogen and oxygen atoms in total. The Labute approximate surface area is 124 Å². The van der Waals surface area contributed by atoms with E-state index < -0.39 is 0 Å². The maximum Gasteiger partial charge on any atom is 0.0759 e. The number of nitrogens with zero attached hydrogens (tertiary/aromatic N) is 1. The van der Waals surface area contributed by atoms with Crippen molar-refractivity contribution in [2.45, 2.75) is 19.3 Å². The molecule has 0 saturated carbocycles.